The summed E-state index contributed by atoms with van der Waals surface area (Å²) in [7, 11) is 0. The summed E-state index contributed by atoms with van der Waals surface area (Å²) in [4.78, 5) is 29.0. The van der Waals surface area contributed by atoms with Gasteiger partial charge in [0, 0.05) is 39.9 Å². The molecular weight excluding hydrogens is 430 g/mol. The number of benzene rings is 2. The lowest BCUT2D eigenvalue weighted by atomic mass is 10.1. The number of aromatic nitrogens is 8. The number of aromatic amines is 2. The number of H-pyrrole nitrogens is 2. The number of anilines is 2. The lowest BCUT2D eigenvalue weighted by Gasteiger charge is -2.07. The molecule has 0 radical (unpaired) electrons. The maximum atomic E-state index is 12.6. The molecule has 2 aromatic carbocycles. The second-order valence-electron chi connectivity index (χ2n) is 7.71. The van der Waals surface area contributed by atoms with Gasteiger partial charge in [-0.15, -0.1) is 5.10 Å². The van der Waals surface area contributed by atoms with E-state index < -0.39 is 0 Å². The molecule has 0 atom stereocenters. The summed E-state index contributed by atoms with van der Waals surface area (Å²) in [5.41, 5.74) is 4.02. The first-order valence-corrected chi connectivity index (χ1v) is 10.5. The maximum Gasteiger partial charge on any atom is 0.186 e. The third-order valence-corrected chi connectivity index (χ3v) is 5.40. The van der Waals surface area contributed by atoms with Crippen LogP contribution in [0.15, 0.2) is 73.3 Å². The van der Waals surface area contributed by atoms with Gasteiger partial charge in [0.2, 0.25) is 0 Å². The van der Waals surface area contributed by atoms with E-state index in [0.717, 1.165) is 33.1 Å². The molecule has 164 valence electrons. The third-order valence-electron chi connectivity index (χ3n) is 5.40. The van der Waals surface area contributed by atoms with E-state index in [1.165, 1.54) is 12.4 Å². The smallest absolute Gasteiger partial charge is 0.186 e. The second kappa shape index (κ2) is 8.17. The summed E-state index contributed by atoms with van der Waals surface area (Å²) in [5, 5.41) is 19.9. The van der Waals surface area contributed by atoms with Crippen molar-refractivity contribution >= 4 is 39.1 Å². The molecule has 10 nitrogen and oxygen atoms in total. The van der Waals surface area contributed by atoms with Gasteiger partial charge in [0.15, 0.2) is 17.4 Å². The summed E-state index contributed by atoms with van der Waals surface area (Å²) in [5.74, 6) is 1.52. The Morgan fingerprint density at radius 3 is 2.79 bits per heavy atom. The molecule has 4 aromatic heterocycles. The van der Waals surface area contributed by atoms with E-state index in [0.29, 0.717) is 23.2 Å². The highest BCUT2D eigenvalue weighted by Gasteiger charge is 2.13. The Morgan fingerprint density at radius 2 is 1.88 bits per heavy atom. The van der Waals surface area contributed by atoms with Gasteiger partial charge in [-0.3, -0.25) is 9.89 Å². The third kappa shape index (κ3) is 3.84. The van der Waals surface area contributed by atoms with Gasteiger partial charge in [0.05, 0.1) is 30.0 Å². The Hall–Kier alpha value is -4.99. The number of hydrogen-bond acceptors (Lipinski definition) is 8. The lowest BCUT2D eigenvalue weighted by Crippen LogP contribution is -2.07. The minimum absolute atomic E-state index is 0.0783. The number of carbonyl (C=O) groups is 1. The van der Waals surface area contributed by atoms with E-state index in [-0.39, 0.29) is 12.2 Å². The van der Waals surface area contributed by atoms with Crippen LogP contribution in [0, 0.1) is 0 Å². The number of nitrogens with one attached hydrogen (secondary N) is 3. The molecule has 34 heavy (non-hydrogen) atoms. The quantitative estimate of drug-likeness (QED) is 0.327. The van der Waals surface area contributed by atoms with Crippen molar-refractivity contribution in [3.8, 4) is 11.4 Å². The molecule has 6 rings (SSSR count). The van der Waals surface area contributed by atoms with Crippen molar-refractivity contribution < 1.29 is 4.79 Å². The number of nitrogens with zero attached hydrogens (tertiary/aromatic N) is 6. The fourth-order valence-electron chi connectivity index (χ4n) is 3.75. The highest BCUT2D eigenvalue weighted by Crippen LogP contribution is 2.25. The Labute approximate surface area is 192 Å². The van der Waals surface area contributed by atoms with Crippen molar-refractivity contribution in [2.24, 2.45) is 0 Å². The summed E-state index contributed by atoms with van der Waals surface area (Å²) < 4.78 is 0. The van der Waals surface area contributed by atoms with E-state index in [9.17, 15) is 4.79 Å². The van der Waals surface area contributed by atoms with Gasteiger partial charge in [0.1, 0.15) is 5.82 Å². The van der Waals surface area contributed by atoms with Crippen LogP contribution < -0.4 is 5.32 Å². The monoisotopic (exact) mass is 447 g/mol. The number of fused-ring (bicyclic) bond motifs is 2. The van der Waals surface area contributed by atoms with Gasteiger partial charge < -0.3 is 10.3 Å². The van der Waals surface area contributed by atoms with Gasteiger partial charge >= 0.3 is 0 Å². The van der Waals surface area contributed by atoms with Gasteiger partial charge in [-0.1, -0.05) is 12.1 Å². The first-order valence-electron chi connectivity index (χ1n) is 10.5. The van der Waals surface area contributed by atoms with E-state index in [1.54, 1.807) is 12.4 Å². The normalized spacial score (nSPS) is 11.2. The summed E-state index contributed by atoms with van der Waals surface area (Å²) in [6.45, 7) is 0. The van der Waals surface area contributed by atoms with E-state index in [4.69, 9.17) is 0 Å². The van der Waals surface area contributed by atoms with Crippen LogP contribution in [-0.2, 0) is 6.42 Å². The average molecular weight is 447 g/mol. The minimum atomic E-state index is -0.109. The van der Waals surface area contributed by atoms with Crippen LogP contribution in [-0.4, -0.2) is 46.1 Å². The van der Waals surface area contributed by atoms with Crippen molar-refractivity contribution in [1.29, 1.82) is 0 Å². The number of ketones is 1. The zero-order valence-corrected chi connectivity index (χ0v) is 17.7. The van der Waals surface area contributed by atoms with Crippen molar-refractivity contribution in [2.45, 2.75) is 6.42 Å². The van der Waals surface area contributed by atoms with Crippen molar-refractivity contribution in [3.05, 3.63) is 84.8 Å². The number of carbonyl (C=O) groups excluding carboxylic acids is 1. The molecule has 0 spiro atoms. The Kier molecular flexibility index (Phi) is 4.73. The minimum Gasteiger partial charge on any atom is -0.352 e. The lowest BCUT2D eigenvalue weighted by molar-refractivity contribution is 0.0986. The molecule has 0 saturated carbocycles. The van der Waals surface area contributed by atoms with Crippen LogP contribution in [0.4, 0.5) is 11.5 Å². The fraction of sp³-hybridized carbons (Fsp3) is 0.0417. The van der Waals surface area contributed by atoms with Gasteiger partial charge in [-0.05, 0) is 36.4 Å². The molecule has 10 heteroatoms. The summed E-state index contributed by atoms with van der Waals surface area (Å²) in [6, 6.07) is 15.4. The van der Waals surface area contributed by atoms with Crippen LogP contribution >= 0.6 is 0 Å². The topological polar surface area (TPSA) is 138 Å². The Morgan fingerprint density at radius 1 is 0.912 bits per heavy atom. The molecule has 0 aliphatic heterocycles. The highest BCUT2D eigenvalue weighted by atomic mass is 16.1. The Balaban J connectivity index is 1.25. The predicted molar refractivity (Wildman–Crippen MR) is 127 cm³/mol. The molecule has 0 saturated heterocycles. The predicted octanol–water partition coefficient (Wildman–Crippen LogP) is 3.86. The number of hydrogen-bond donors (Lipinski definition) is 3. The van der Waals surface area contributed by atoms with Gasteiger partial charge in [-0.25, -0.2) is 15.0 Å². The zero-order valence-electron chi connectivity index (χ0n) is 17.7. The molecule has 0 unspecified atom stereocenters. The molecule has 0 fully saturated rings. The molecule has 3 N–H and O–H groups in total. The van der Waals surface area contributed by atoms with Crippen molar-refractivity contribution in [2.75, 3.05) is 5.32 Å². The average Bonchev–Trinajstić information content (AvgIpc) is 3.51. The van der Waals surface area contributed by atoms with Gasteiger partial charge in [0.25, 0.3) is 0 Å². The highest BCUT2D eigenvalue weighted by molar-refractivity contribution is 6.00. The standard InChI is InChI=1S/C24H17N9O/c34-21(12-23-25-7-8-27-33-23)20-10-14-1-2-15(11-19(14)30-20)24-26-6-5-22(31-24)29-17-3-4-18-16(9-17)13-28-32-18/h1-11,13,30H,12H2,(H,28,32)(H,26,29,31). The SMILES string of the molecule is O=C(Cc1nccnn1)c1cc2ccc(-c3nccc(Nc4ccc5[nH]ncc5c4)n3)cc2[nH]1. The van der Waals surface area contributed by atoms with E-state index in [2.05, 4.69) is 45.6 Å². The number of rotatable bonds is 6. The van der Waals surface area contributed by atoms with E-state index in [1.807, 2.05) is 48.5 Å². The van der Waals surface area contributed by atoms with Crippen molar-refractivity contribution in [1.82, 2.24) is 40.3 Å². The molecule has 0 aliphatic rings. The van der Waals surface area contributed by atoms with Crippen LogP contribution in [0.25, 0.3) is 33.2 Å². The van der Waals surface area contributed by atoms with Crippen LogP contribution in [0.3, 0.4) is 0 Å². The summed E-state index contributed by atoms with van der Waals surface area (Å²) in [6.07, 6.45) is 6.56. The van der Waals surface area contributed by atoms with Crippen molar-refractivity contribution in [3.63, 3.8) is 0 Å². The first kappa shape index (κ1) is 19.7. The molecular formula is C24H17N9O. The number of Topliss-reactive ketones (excluding diaryl/α,β-unsaturated/α-hetero) is 1. The second-order valence-corrected chi connectivity index (χ2v) is 7.71. The zero-order chi connectivity index (χ0) is 22.9. The largest absolute Gasteiger partial charge is 0.352 e. The molecule has 4 heterocycles. The summed E-state index contributed by atoms with van der Waals surface area (Å²) >= 11 is 0. The van der Waals surface area contributed by atoms with E-state index >= 15 is 0 Å². The fourth-order valence-corrected chi connectivity index (χ4v) is 3.75. The van der Waals surface area contributed by atoms with Crippen LogP contribution in [0.5, 0.6) is 0 Å². The van der Waals surface area contributed by atoms with Gasteiger partial charge in [-0.2, -0.15) is 10.2 Å². The maximum absolute atomic E-state index is 12.6. The molecule has 0 bridgehead atoms. The van der Waals surface area contributed by atoms with Crippen LogP contribution in [0.2, 0.25) is 0 Å². The molecule has 6 aromatic rings. The molecule has 0 aliphatic carbocycles. The molecule has 0 amide bonds. The first-order chi connectivity index (χ1) is 16.7. The van der Waals surface area contributed by atoms with Crippen LogP contribution in [0.1, 0.15) is 16.3 Å². The Bertz CT molecular complexity index is 1640.